The van der Waals surface area contributed by atoms with E-state index in [0.717, 1.165) is 25.7 Å². The fraction of sp³-hybridized carbons (Fsp3) is 0.500. The summed E-state index contributed by atoms with van der Waals surface area (Å²) in [6.07, 6.45) is 3.22. The molecule has 7 heteroatoms. The number of rotatable bonds is 9. The van der Waals surface area contributed by atoms with Crippen molar-refractivity contribution in [2.45, 2.75) is 82.5 Å². The van der Waals surface area contributed by atoms with Crippen LogP contribution in [0.1, 0.15) is 64.9 Å². The van der Waals surface area contributed by atoms with Gasteiger partial charge >= 0.3 is 7.60 Å². The molecule has 1 aliphatic carbocycles. The molecule has 0 amide bonds. The van der Waals surface area contributed by atoms with Gasteiger partial charge in [-0.3, -0.25) is 8.75 Å². The highest BCUT2D eigenvalue weighted by atomic mass is 32.2. The van der Waals surface area contributed by atoms with Crippen LogP contribution in [-0.2, 0) is 28.9 Å². The van der Waals surface area contributed by atoms with Gasteiger partial charge < -0.3 is 9.05 Å². The zero-order chi connectivity index (χ0) is 22.4. The molecule has 3 rings (SSSR count). The first-order chi connectivity index (χ1) is 14.8. The average molecular weight is 465 g/mol. The summed E-state index contributed by atoms with van der Waals surface area (Å²) in [4.78, 5) is 0.351. The van der Waals surface area contributed by atoms with E-state index in [1.807, 2.05) is 18.2 Å². The minimum Gasteiger partial charge on any atom is -0.302 e. The minimum absolute atomic E-state index is 0.165. The molecular formula is C24H33O5PS. The van der Waals surface area contributed by atoms with Gasteiger partial charge in [0.15, 0.2) is 11.1 Å². The first-order valence-electron chi connectivity index (χ1n) is 11.0. The van der Waals surface area contributed by atoms with Gasteiger partial charge in [0.05, 0.1) is 28.5 Å². The SMILES string of the molecule is CC(C)OP(=O)(OC(C)C)c1ccccc1S(=O)O[C@@H]1CCCC[C@H]1c1ccccc1. The molecule has 0 aromatic heterocycles. The molecule has 1 fully saturated rings. The van der Waals surface area contributed by atoms with Crippen molar-refractivity contribution in [1.82, 2.24) is 0 Å². The third-order valence-corrected chi connectivity index (χ3v) is 8.85. The molecule has 2 aromatic rings. The van der Waals surface area contributed by atoms with E-state index in [2.05, 4.69) is 12.1 Å². The van der Waals surface area contributed by atoms with Crippen molar-refractivity contribution in [3.63, 3.8) is 0 Å². The van der Waals surface area contributed by atoms with E-state index in [1.165, 1.54) is 5.56 Å². The molecule has 2 aromatic carbocycles. The van der Waals surface area contributed by atoms with E-state index in [0.29, 0.717) is 10.2 Å². The van der Waals surface area contributed by atoms with E-state index in [1.54, 1.807) is 52.0 Å². The first-order valence-corrected chi connectivity index (χ1v) is 13.6. The van der Waals surface area contributed by atoms with E-state index >= 15 is 0 Å². The highest BCUT2D eigenvalue weighted by molar-refractivity contribution is 7.81. The molecule has 1 saturated carbocycles. The molecule has 0 aliphatic heterocycles. The summed E-state index contributed by atoms with van der Waals surface area (Å²) in [6.45, 7) is 7.22. The summed E-state index contributed by atoms with van der Waals surface area (Å²) in [7, 11) is -3.68. The highest BCUT2D eigenvalue weighted by Crippen LogP contribution is 2.50. The number of hydrogen-bond donors (Lipinski definition) is 0. The average Bonchev–Trinajstić information content (AvgIpc) is 2.73. The molecule has 0 spiro atoms. The van der Waals surface area contributed by atoms with Crippen molar-refractivity contribution in [1.29, 1.82) is 0 Å². The lowest BCUT2D eigenvalue weighted by Crippen LogP contribution is -2.28. The van der Waals surface area contributed by atoms with Crippen LogP contribution in [0.4, 0.5) is 0 Å². The van der Waals surface area contributed by atoms with E-state index in [4.69, 9.17) is 13.2 Å². The van der Waals surface area contributed by atoms with Crippen LogP contribution in [0.2, 0.25) is 0 Å². The molecule has 170 valence electrons. The quantitative estimate of drug-likeness (QED) is 0.418. The van der Waals surface area contributed by atoms with Crippen LogP contribution < -0.4 is 5.30 Å². The Morgan fingerprint density at radius 2 is 1.45 bits per heavy atom. The Hall–Kier alpha value is -1.30. The lowest BCUT2D eigenvalue weighted by Gasteiger charge is -2.31. The Balaban J connectivity index is 1.89. The van der Waals surface area contributed by atoms with Crippen molar-refractivity contribution in [2.75, 3.05) is 0 Å². The van der Waals surface area contributed by atoms with Crippen molar-refractivity contribution >= 4 is 24.0 Å². The van der Waals surface area contributed by atoms with Crippen LogP contribution in [0, 0.1) is 0 Å². The van der Waals surface area contributed by atoms with Crippen molar-refractivity contribution in [2.24, 2.45) is 0 Å². The van der Waals surface area contributed by atoms with Crippen molar-refractivity contribution in [3.8, 4) is 0 Å². The zero-order valence-corrected chi connectivity index (χ0v) is 20.4. The van der Waals surface area contributed by atoms with Gasteiger partial charge in [0.1, 0.15) is 0 Å². The topological polar surface area (TPSA) is 61.8 Å². The van der Waals surface area contributed by atoms with Gasteiger partial charge in [0.25, 0.3) is 0 Å². The number of hydrogen-bond acceptors (Lipinski definition) is 5. The molecule has 0 heterocycles. The van der Waals surface area contributed by atoms with Gasteiger partial charge in [-0.05, 0) is 58.2 Å². The second-order valence-electron chi connectivity index (χ2n) is 8.44. The van der Waals surface area contributed by atoms with E-state index < -0.39 is 18.7 Å². The van der Waals surface area contributed by atoms with E-state index in [9.17, 15) is 8.77 Å². The predicted molar refractivity (Wildman–Crippen MR) is 125 cm³/mol. The standard InChI is InChI=1S/C24H33O5PS/c1-18(2)27-30(25,28-19(3)4)23-16-10-11-17-24(23)31(26)29-22-15-9-8-14-21(22)20-12-6-5-7-13-20/h5-7,10-13,16-19,21-22H,8-9,14-15H2,1-4H3/t21-,22+,31?/m0/s1. The highest BCUT2D eigenvalue weighted by Gasteiger charge is 2.36. The van der Waals surface area contributed by atoms with Gasteiger partial charge in [-0.2, -0.15) is 0 Å². The van der Waals surface area contributed by atoms with E-state index in [-0.39, 0.29) is 24.2 Å². The lowest BCUT2D eigenvalue weighted by atomic mass is 9.82. The van der Waals surface area contributed by atoms with Gasteiger partial charge in [0.2, 0.25) is 0 Å². The van der Waals surface area contributed by atoms with Crippen LogP contribution in [0.3, 0.4) is 0 Å². The zero-order valence-electron chi connectivity index (χ0n) is 18.7. The summed E-state index contributed by atoms with van der Waals surface area (Å²) >= 11 is -1.80. The number of benzene rings is 2. The summed E-state index contributed by atoms with van der Waals surface area (Å²) in [5.41, 5.74) is 1.20. The Morgan fingerprint density at radius 3 is 2.10 bits per heavy atom. The van der Waals surface area contributed by atoms with Crippen LogP contribution in [0.5, 0.6) is 0 Å². The van der Waals surface area contributed by atoms with Crippen LogP contribution in [0.25, 0.3) is 0 Å². The Bertz CT molecular complexity index is 901. The molecule has 0 saturated heterocycles. The lowest BCUT2D eigenvalue weighted by molar-refractivity contribution is 0.145. The molecule has 3 atom stereocenters. The monoisotopic (exact) mass is 464 g/mol. The summed E-state index contributed by atoms with van der Waals surface area (Å²) in [5, 5.41) is 0.308. The molecule has 5 nitrogen and oxygen atoms in total. The van der Waals surface area contributed by atoms with Crippen molar-refractivity contribution in [3.05, 3.63) is 60.2 Å². The minimum atomic E-state index is -3.68. The third-order valence-electron chi connectivity index (χ3n) is 5.18. The Morgan fingerprint density at radius 1 is 0.871 bits per heavy atom. The van der Waals surface area contributed by atoms with Gasteiger partial charge in [0, 0.05) is 5.92 Å². The van der Waals surface area contributed by atoms with Crippen molar-refractivity contribution < 1.29 is 22.0 Å². The summed E-state index contributed by atoms with van der Waals surface area (Å²) < 4.78 is 44.7. The molecule has 0 radical (unpaired) electrons. The molecule has 31 heavy (non-hydrogen) atoms. The van der Waals surface area contributed by atoms with Gasteiger partial charge in [-0.25, -0.2) is 4.21 Å². The molecule has 0 bridgehead atoms. The van der Waals surface area contributed by atoms with Gasteiger partial charge in [-0.1, -0.05) is 55.3 Å². The largest absolute Gasteiger partial charge is 0.363 e. The fourth-order valence-corrected chi connectivity index (χ4v) is 7.52. The molecule has 1 unspecified atom stereocenters. The normalized spacial score (nSPS) is 20.8. The molecular weight excluding hydrogens is 431 g/mol. The summed E-state index contributed by atoms with van der Waals surface area (Å²) in [6, 6.07) is 17.1. The predicted octanol–water partition coefficient (Wildman–Crippen LogP) is 6.12. The Labute approximate surface area is 188 Å². The first kappa shape index (κ1) is 24.3. The maximum Gasteiger partial charge on any atom is 0.363 e. The third kappa shape index (κ3) is 6.36. The second-order valence-corrected chi connectivity index (χ2v) is 11.4. The smallest absolute Gasteiger partial charge is 0.302 e. The molecule has 1 aliphatic rings. The Kier molecular flexibility index (Phi) is 8.65. The maximum atomic E-state index is 13.7. The second kappa shape index (κ2) is 11.0. The van der Waals surface area contributed by atoms with Crippen LogP contribution in [-0.4, -0.2) is 22.5 Å². The van der Waals surface area contributed by atoms with Gasteiger partial charge in [-0.15, -0.1) is 0 Å². The summed E-state index contributed by atoms with van der Waals surface area (Å²) in [5.74, 6) is 0.191. The molecule has 0 N–H and O–H groups in total. The maximum absolute atomic E-state index is 13.7. The fourth-order valence-electron chi connectivity index (χ4n) is 3.98. The van der Waals surface area contributed by atoms with Crippen LogP contribution in [0.15, 0.2) is 59.5 Å². The van der Waals surface area contributed by atoms with Crippen LogP contribution >= 0.6 is 7.60 Å².